The molecule has 2 atom stereocenters. The maximum atomic E-state index is 11.7. The second-order valence-electron chi connectivity index (χ2n) is 4.39. The first kappa shape index (κ1) is 10.3. The van der Waals surface area contributed by atoms with Gasteiger partial charge in [-0.05, 0) is 26.2 Å². The summed E-state index contributed by atoms with van der Waals surface area (Å²) in [5.74, 6) is -1.21. The fraction of sp³-hybridized carbons (Fsp3) is 0.800. The molecule has 2 fully saturated rings. The Kier molecular flexibility index (Phi) is 2.54. The summed E-state index contributed by atoms with van der Waals surface area (Å²) in [4.78, 5) is 24.2. The maximum Gasteiger partial charge on any atom is 0.317 e. The van der Waals surface area contributed by atoms with Crippen molar-refractivity contribution in [3.05, 3.63) is 0 Å². The molecule has 15 heavy (non-hydrogen) atoms. The van der Waals surface area contributed by atoms with Crippen molar-refractivity contribution < 1.29 is 14.7 Å². The van der Waals surface area contributed by atoms with E-state index in [4.69, 9.17) is 5.11 Å². The van der Waals surface area contributed by atoms with Gasteiger partial charge in [0, 0.05) is 18.6 Å². The van der Waals surface area contributed by atoms with Gasteiger partial charge >= 0.3 is 12.0 Å². The van der Waals surface area contributed by atoms with Crippen molar-refractivity contribution >= 4 is 12.0 Å². The first-order valence-electron chi connectivity index (χ1n) is 5.39. The number of nitrogens with one attached hydrogen (secondary N) is 1. The van der Waals surface area contributed by atoms with Crippen LogP contribution in [0.3, 0.4) is 0 Å². The highest BCUT2D eigenvalue weighted by atomic mass is 16.4. The van der Waals surface area contributed by atoms with E-state index in [0.29, 0.717) is 19.0 Å². The molecule has 0 radical (unpaired) electrons. The van der Waals surface area contributed by atoms with Crippen LogP contribution in [0, 0.1) is 5.92 Å². The second kappa shape index (κ2) is 3.72. The summed E-state index contributed by atoms with van der Waals surface area (Å²) in [5, 5.41) is 11.8. The first-order chi connectivity index (χ1) is 7.09. The molecular weight excluding hydrogens is 196 g/mol. The molecule has 84 valence electrons. The lowest BCUT2D eigenvalue weighted by Crippen LogP contribution is -2.44. The van der Waals surface area contributed by atoms with Crippen LogP contribution < -0.4 is 5.32 Å². The molecule has 0 aromatic rings. The molecule has 0 aromatic heterocycles. The van der Waals surface area contributed by atoms with Crippen molar-refractivity contribution in [3.8, 4) is 0 Å². The van der Waals surface area contributed by atoms with Crippen molar-refractivity contribution in [2.75, 3.05) is 6.54 Å². The van der Waals surface area contributed by atoms with E-state index in [1.165, 1.54) is 0 Å². The topological polar surface area (TPSA) is 69.6 Å². The maximum absolute atomic E-state index is 11.7. The highest BCUT2D eigenvalue weighted by molar-refractivity contribution is 5.78. The minimum absolute atomic E-state index is 0.103. The normalized spacial score (nSPS) is 30.3. The number of amides is 2. The van der Waals surface area contributed by atoms with Crippen molar-refractivity contribution in [1.82, 2.24) is 10.2 Å². The zero-order valence-electron chi connectivity index (χ0n) is 8.77. The second-order valence-corrected chi connectivity index (χ2v) is 4.39. The number of rotatable bonds is 2. The highest BCUT2D eigenvalue weighted by Gasteiger charge is 2.39. The number of carboxylic acid groups (broad SMARTS) is 1. The molecule has 1 saturated carbocycles. The third-order valence-electron chi connectivity index (χ3n) is 3.24. The summed E-state index contributed by atoms with van der Waals surface area (Å²) in [6, 6.07) is 0.0311. The molecule has 0 bridgehead atoms. The van der Waals surface area contributed by atoms with Gasteiger partial charge in [0.25, 0.3) is 0 Å². The summed E-state index contributed by atoms with van der Waals surface area (Å²) in [6.07, 6.45) is 2.67. The average molecular weight is 212 g/mol. The minimum atomic E-state index is -0.802. The lowest BCUT2D eigenvalue weighted by molar-refractivity contribution is -0.142. The van der Waals surface area contributed by atoms with Crippen molar-refractivity contribution in [1.29, 1.82) is 0 Å². The predicted molar refractivity (Wildman–Crippen MR) is 53.5 cm³/mol. The molecular formula is C10H16N2O3. The molecule has 2 N–H and O–H groups in total. The Balaban J connectivity index is 1.92. The van der Waals surface area contributed by atoms with Crippen LogP contribution in [0.2, 0.25) is 0 Å². The van der Waals surface area contributed by atoms with Crippen molar-refractivity contribution in [2.24, 2.45) is 5.92 Å². The van der Waals surface area contributed by atoms with E-state index < -0.39 is 11.9 Å². The summed E-state index contributed by atoms with van der Waals surface area (Å²) in [7, 11) is 0. The van der Waals surface area contributed by atoms with Gasteiger partial charge in [-0.15, -0.1) is 0 Å². The molecule has 0 aromatic carbocycles. The minimum Gasteiger partial charge on any atom is -0.481 e. The largest absolute Gasteiger partial charge is 0.481 e. The Labute approximate surface area is 88.4 Å². The monoisotopic (exact) mass is 212 g/mol. The van der Waals surface area contributed by atoms with E-state index in [1.807, 2.05) is 0 Å². The van der Waals surface area contributed by atoms with Crippen LogP contribution in [0.25, 0.3) is 0 Å². The van der Waals surface area contributed by atoms with Gasteiger partial charge in [-0.1, -0.05) is 0 Å². The quantitative estimate of drug-likeness (QED) is 0.706. The van der Waals surface area contributed by atoms with Gasteiger partial charge in [0.15, 0.2) is 0 Å². The van der Waals surface area contributed by atoms with Crippen LogP contribution in [0.15, 0.2) is 0 Å². The Morgan fingerprint density at radius 2 is 2.00 bits per heavy atom. The van der Waals surface area contributed by atoms with Crippen LogP contribution in [-0.4, -0.2) is 40.6 Å². The summed E-state index contributed by atoms with van der Waals surface area (Å²) >= 11 is 0. The third-order valence-corrected chi connectivity index (χ3v) is 3.24. The molecule has 2 aliphatic rings. The van der Waals surface area contributed by atoms with Gasteiger partial charge in [-0.3, -0.25) is 4.79 Å². The molecule has 2 amide bonds. The number of hydrogen-bond donors (Lipinski definition) is 2. The smallest absolute Gasteiger partial charge is 0.317 e. The summed E-state index contributed by atoms with van der Waals surface area (Å²) in [5.41, 5.74) is 0. The molecule has 2 rings (SSSR count). The number of carboxylic acids is 1. The summed E-state index contributed by atoms with van der Waals surface area (Å²) < 4.78 is 0. The predicted octanol–water partition coefficient (Wildman–Crippen LogP) is 0.653. The number of carbonyl (C=O) groups is 2. The average Bonchev–Trinajstić information content (AvgIpc) is 2.86. The number of carbonyl (C=O) groups excluding carboxylic acids is 1. The Morgan fingerprint density at radius 3 is 2.47 bits per heavy atom. The zero-order valence-corrected chi connectivity index (χ0v) is 8.77. The first-order valence-corrected chi connectivity index (χ1v) is 5.39. The molecule has 1 aliphatic carbocycles. The number of nitrogens with zero attached hydrogens (tertiary/aromatic N) is 1. The van der Waals surface area contributed by atoms with Crippen LogP contribution in [-0.2, 0) is 4.79 Å². The van der Waals surface area contributed by atoms with E-state index in [0.717, 1.165) is 12.8 Å². The molecule has 5 nitrogen and oxygen atoms in total. The fourth-order valence-corrected chi connectivity index (χ4v) is 2.04. The lowest BCUT2D eigenvalue weighted by Gasteiger charge is -2.23. The number of aliphatic carboxylic acids is 1. The van der Waals surface area contributed by atoms with Crippen LogP contribution >= 0.6 is 0 Å². The lowest BCUT2D eigenvalue weighted by atomic mass is 10.0. The number of hydrogen-bond acceptors (Lipinski definition) is 2. The molecule has 2 unspecified atom stereocenters. The Morgan fingerprint density at radius 1 is 1.33 bits per heavy atom. The zero-order chi connectivity index (χ0) is 11.0. The fourth-order valence-electron chi connectivity index (χ4n) is 2.04. The number of likely N-dealkylation sites (tertiary alicyclic amines) is 1. The van der Waals surface area contributed by atoms with Gasteiger partial charge in [0.2, 0.25) is 0 Å². The van der Waals surface area contributed by atoms with Gasteiger partial charge < -0.3 is 15.3 Å². The van der Waals surface area contributed by atoms with Gasteiger partial charge in [0.1, 0.15) is 0 Å². The van der Waals surface area contributed by atoms with E-state index in [1.54, 1.807) is 11.8 Å². The molecule has 5 heteroatoms. The van der Waals surface area contributed by atoms with Crippen LogP contribution in [0.5, 0.6) is 0 Å². The van der Waals surface area contributed by atoms with Crippen molar-refractivity contribution in [2.45, 2.75) is 38.3 Å². The highest BCUT2D eigenvalue weighted by Crippen LogP contribution is 2.25. The van der Waals surface area contributed by atoms with Crippen LogP contribution in [0.4, 0.5) is 4.79 Å². The van der Waals surface area contributed by atoms with E-state index in [2.05, 4.69) is 5.32 Å². The molecule has 1 heterocycles. The summed E-state index contributed by atoms with van der Waals surface area (Å²) in [6.45, 7) is 2.36. The van der Waals surface area contributed by atoms with Crippen LogP contribution in [0.1, 0.15) is 26.2 Å². The SMILES string of the molecule is CC1C(C(=O)O)CCN1C(=O)NC1CC1. The number of urea groups is 1. The standard InChI is InChI=1S/C10H16N2O3/c1-6-8(9(13)14)4-5-12(6)10(15)11-7-2-3-7/h6-8H,2-5H2,1H3,(H,11,15)(H,13,14). The van der Waals surface area contributed by atoms with E-state index in [-0.39, 0.29) is 12.1 Å². The Bertz CT molecular complexity index is 288. The van der Waals surface area contributed by atoms with E-state index in [9.17, 15) is 9.59 Å². The molecule has 0 spiro atoms. The van der Waals surface area contributed by atoms with Gasteiger partial charge in [-0.25, -0.2) is 4.79 Å². The molecule has 1 aliphatic heterocycles. The van der Waals surface area contributed by atoms with Crippen molar-refractivity contribution in [3.63, 3.8) is 0 Å². The molecule has 1 saturated heterocycles. The Hall–Kier alpha value is -1.26. The van der Waals surface area contributed by atoms with Gasteiger partial charge in [0.05, 0.1) is 5.92 Å². The third kappa shape index (κ3) is 2.06. The van der Waals surface area contributed by atoms with E-state index >= 15 is 0 Å². The van der Waals surface area contributed by atoms with Gasteiger partial charge in [-0.2, -0.15) is 0 Å².